The molecular weight excluding hydrogens is 506 g/mol. The van der Waals surface area contributed by atoms with E-state index in [2.05, 4.69) is 20.3 Å². The number of imidazole rings is 1. The summed E-state index contributed by atoms with van der Waals surface area (Å²) < 4.78 is 7.59. The molecule has 4 rings (SSSR count). The molecule has 39 heavy (non-hydrogen) atoms. The van der Waals surface area contributed by atoms with Gasteiger partial charge in [-0.3, -0.25) is 9.36 Å². The number of benzene rings is 1. The van der Waals surface area contributed by atoms with Crippen molar-refractivity contribution in [2.24, 2.45) is 11.5 Å². The van der Waals surface area contributed by atoms with Crippen LogP contribution in [0.15, 0.2) is 43.0 Å². The Labute approximate surface area is 225 Å². The van der Waals surface area contributed by atoms with Crippen molar-refractivity contribution in [3.05, 3.63) is 43.0 Å². The molecule has 1 aliphatic rings. The Morgan fingerprint density at radius 3 is 2.56 bits per heavy atom. The number of aliphatic carboxylic acids is 1. The molecule has 0 radical (unpaired) electrons. The zero-order chi connectivity index (χ0) is 27.9. The molecule has 0 amide bonds. The second kappa shape index (κ2) is 13.1. The molecule has 0 bridgehead atoms. The van der Waals surface area contributed by atoms with E-state index >= 15 is 0 Å². The summed E-state index contributed by atoms with van der Waals surface area (Å²) in [6.45, 7) is 1.83. The third kappa shape index (κ3) is 7.17. The fourth-order valence-electron chi connectivity index (χ4n) is 4.61. The normalized spacial score (nSPS) is 22.8. The quantitative estimate of drug-likeness (QED) is 0.134. The van der Waals surface area contributed by atoms with Gasteiger partial charge in [0.2, 0.25) is 0 Å². The summed E-state index contributed by atoms with van der Waals surface area (Å²) in [4.78, 5) is 25.5. The predicted molar refractivity (Wildman–Crippen MR) is 144 cm³/mol. The van der Waals surface area contributed by atoms with Crippen molar-refractivity contribution in [3.63, 3.8) is 0 Å². The predicted octanol–water partition coefficient (Wildman–Crippen LogP) is -0.649. The zero-order valence-electron chi connectivity index (χ0n) is 21.6. The molecule has 0 saturated carbocycles. The second-order valence-electron chi connectivity index (χ2n) is 9.79. The minimum absolute atomic E-state index is 0.105. The first kappa shape index (κ1) is 28.6. The van der Waals surface area contributed by atoms with Gasteiger partial charge in [0.1, 0.15) is 36.2 Å². The van der Waals surface area contributed by atoms with Gasteiger partial charge in [0.25, 0.3) is 0 Å². The van der Waals surface area contributed by atoms with E-state index in [0.29, 0.717) is 37.2 Å². The number of aliphatic hydroxyl groups is 2. The fraction of sp³-hybridized carbons (Fsp3) is 0.520. The highest BCUT2D eigenvalue weighted by atomic mass is 16.6. The molecular formula is C25H37N9O5. The summed E-state index contributed by atoms with van der Waals surface area (Å²) >= 11 is 0. The van der Waals surface area contributed by atoms with E-state index in [9.17, 15) is 20.1 Å². The number of nitrogens with one attached hydrogen (secondary N) is 1. The average molecular weight is 544 g/mol. The van der Waals surface area contributed by atoms with Gasteiger partial charge in [-0.1, -0.05) is 18.2 Å². The van der Waals surface area contributed by atoms with E-state index in [1.54, 1.807) is 0 Å². The molecule has 1 unspecified atom stereocenters. The number of aromatic nitrogens is 4. The van der Waals surface area contributed by atoms with Crippen LogP contribution in [0.4, 0.5) is 11.5 Å². The number of carboxylic acid groups (broad SMARTS) is 1. The molecule has 1 aliphatic heterocycles. The van der Waals surface area contributed by atoms with E-state index in [1.807, 2.05) is 35.2 Å². The molecule has 10 N–H and O–H groups in total. The molecule has 14 nitrogen and oxygen atoms in total. The SMILES string of the molecule is Nc1ncnc2c1ncn2[C@@H]1O[C@H](CN(CCC(N)CCNc2ccccc2)CC[C@H](N)C(=O)O)[C@@H](O)[C@H]1O. The summed E-state index contributed by atoms with van der Waals surface area (Å²) in [6, 6.07) is 8.72. The van der Waals surface area contributed by atoms with Gasteiger partial charge in [-0.05, 0) is 37.9 Å². The van der Waals surface area contributed by atoms with Gasteiger partial charge in [0.15, 0.2) is 17.7 Å². The first-order valence-electron chi connectivity index (χ1n) is 12.9. The van der Waals surface area contributed by atoms with E-state index in [1.165, 1.54) is 17.2 Å². The number of nitrogen functional groups attached to an aromatic ring is 1. The molecule has 0 spiro atoms. The maximum Gasteiger partial charge on any atom is 0.320 e. The largest absolute Gasteiger partial charge is 0.480 e. The lowest BCUT2D eigenvalue weighted by Crippen LogP contribution is -2.43. The van der Waals surface area contributed by atoms with Crippen LogP contribution in [-0.2, 0) is 9.53 Å². The van der Waals surface area contributed by atoms with Crippen LogP contribution in [0.3, 0.4) is 0 Å². The standard InChI is InChI=1S/C25H37N9O5/c26-15(6-9-29-16-4-2-1-3-5-16)7-10-33(11-8-17(27)25(37)38)12-18-20(35)21(36)24(39-18)34-14-32-19-22(28)30-13-31-23(19)34/h1-5,13-15,17-18,20-21,24,29,35-36H,6-12,26-27H2,(H,37,38)(H2,28,30,31)/t15?,17-,18+,20+,21+,24+/m0/s1. The number of fused-ring (bicyclic) bond motifs is 1. The molecule has 6 atom stereocenters. The molecule has 1 fully saturated rings. The van der Waals surface area contributed by atoms with Gasteiger partial charge >= 0.3 is 5.97 Å². The van der Waals surface area contributed by atoms with Gasteiger partial charge in [-0.2, -0.15) is 0 Å². The Morgan fingerprint density at radius 2 is 1.82 bits per heavy atom. The number of rotatable bonds is 14. The van der Waals surface area contributed by atoms with Crippen LogP contribution in [0.2, 0.25) is 0 Å². The summed E-state index contributed by atoms with van der Waals surface area (Å²) in [7, 11) is 0. The van der Waals surface area contributed by atoms with Crippen LogP contribution in [0, 0.1) is 0 Å². The third-order valence-electron chi connectivity index (χ3n) is 6.94. The van der Waals surface area contributed by atoms with Crippen LogP contribution in [-0.4, -0.2) is 102 Å². The number of nitrogens with two attached hydrogens (primary N) is 3. The number of nitrogens with zero attached hydrogens (tertiary/aromatic N) is 5. The highest BCUT2D eigenvalue weighted by molar-refractivity contribution is 5.81. The molecule has 0 aliphatic carbocycles. The Bertz CT molecular complexity index is 1210. The number of aliphatic hydroxyl groups excluding tert-OH is 2. The summed E-state index contributed by atoms with van der Waals surface area (Å²) in [5, 5.41) is 34.2. The minimum Gasteiger partial charge on any atom is -0.480 e. The van der Waals surface area contributed by atoms with Crippen molar-refractivity contribution in [1.29, 1.82) is 0 Å². The number of ether oxygens (including phenoxy) is 1. The lowest BCUT2D eigenvalue weighted by molar-refractivity contribution is -0.138. The van der Waals surface area contributed by atoms with Crippen LogP contribution in [0.1, 0.15) is 25.5 Å². The second-order valence-corrected chi connectivity index (χ2v) is 9.79. The maximum absolute atomic E-state index is 11.3. The first-order valence-corrected chi connectivity index (χ1v) is 12.9. The Hall–Kier alpha value is -3.40. The molecule has 1 aromatic carbocycles. The number of para-hydroxylation sites is 1. The van der Waals surface area contributed by atoms with Crippen molar-refractivity contribution < 1.29 is 24.9 Å². The first-order chi connectivity index (χ1) is 18.7. The fourth-order valence-corrected chi connectivity index (χ4v) is 4.61. The molecule has 2 aromatic heterocycles. The van der Waals surface area contributed by atoms with Crippen molar-refractivity contribution in [2.75, 3.05) is 37.2 Å². The lowest BCUT2D eigenvalue weighted by Gasteiger charge is -2.28. The van der Waals surface area contributed by atoms with E-state index in [4.69, 9.17) is 21.9 Å². The number of carboxylic acids is 1. The molecule has 3 aromatic rings. The monoisotopic (exact) mass is 543 g/mol. The van der Waals surface area contributed by atoms with Crippen LogP contribution < -0.4 is 22.5 Å². The molecule has 212 valence electrons. The van der Waals surface area contributed by atoms with E-state index < -0.39 is 36.6 Å². The topological polar surface area (TPSA) is 224 Å². The van der Waals surface area contributed by atoms with Crippen molar-refractivity contribution in [3.8, 4) is 0 Å². The van der Waals surface area contributed by atoms with Crippen LogP contribution >= 0.6 is 0 Å². The average Bonchev–Trinajstić information content (AvgIpc) is 3.47. The maximum atomic E-state index is 11.3. The Balaban J connectivity index is 1.37. The van der Waals surface area contributed by atoms with Crippen LogP contribution in [0.25, 0.3) is 11.2 Å². The zero-order valence-corrected chi connectivity index (χ0v) is 21.6. The number of carbonyl (C=O) groups is 1. The van der Waals surface area contributed by atoms with Gasteiger partial charge in [0, 0.05) is 31.4 Å². The smallest absolute Gasteiger partial charge is 0.320 e. The Morgan fingerprint density at radius 1 is 1.08 bits per heavy atom. The van der Waals surface area contributed by atoms with Crippen molar-refractivity contribution in [2.45, 2.75) is 55.9 Å². The number of anilines is 2. The number of hydrogen-bond donors (Lipinski definition) is 7. The lowest BCUT2D eigenvalue weighted by atomic mass is 10.1. The highest BCUT2D eigenvalue weighted by Crippen LogP contribution is 2.32. The van der Waals surface area contributed by atoms with Crippen LogP contribution in [0.5, 0.6) is 0 Å². The Kier molecular flexibility index (Phi) is 9.61. The van der Waals surface area contributed by atoms with Crippen molar-refractivity contribution >= 4 is 28.6 Å². The van der Waals surface area contributed by atoms with E-state index in [0.717, 1.165) is 12.1 Å². The molecule has 3 heterocycles. The summed E-state index contributed by atoms with van der Waals surface area (Å²) in [6.07, 6.45) is 0.135. The molecule has 14 heteroatoms. The van der Waals surface area contributed by atoms with Gasteiger partial charge in [-0.25, -0.2) is 15.0 Å². The van der Waals surface area contributed by atoms with Gasteiger partial charge in [-0.15, -0.1) is 0 Å². The number of hydrogen-bond acceptors (Lipinski definition) is 12. The third-order valence-corrected chi connectivity index (χ3v) is 6.94. The van der Waals surface area contributed by atoms with Gasteiger partial charge < -0.3 is 47.5 Å². The van der Waals surface area contributed by atoms with E-state index in [-0.39, 0.29) is 24.8 Å². The highest BCUT2D eigenvalue weighted by Gasteiger charge is 2.44. The van der Waals surface area contributed by atoms with Crippen molar-refractivity contribution in [1.82, 2.24) is 24.4 Å². The minimum atomic E-state index is -1.25. The summed E-state index contributed by atoms with van der Waals surface area (Å²) in [5.41, 5.74) is 19.7. The molecule has 1 saturated heterocycles. The summed E-state index contributed by atoms with van der Waals surface area (Å²) in [5.74, 6) is -0.890. The van der Waals surface area contributed by atoms with Gasteiger partial charge in [0.05, 0.1) is 6.33 Å².